The van der Waals surface area contributed by atoms with Gasteiger partial charge in [0, 0.05) is 18.1 Å². The number of anilines is 1. The van der Waals surface area contributed by atoms with Gasteiger partial charge >= 0.3 is 5.97 Å². The molecule has 2 N–H and O–H groups in total. The molecule has 1 heterocycles. The minimum atomic E-state index is -0.797. The summed E-state index contributed by atoms with van der Waals surface area (Å²) in [5.41, 5.74) is 0. The number of carboxylic acids is 1. The maximum atomic E-state index is 10.1. The summed E-state index contributed by atoms with van der Waals surface area (Å²) < 4.78 is 0. The Morgan fingerprint density at radius 1 is 1.82 bits per heavy atom. The van der Waals surface area contributed by atoms with Crippen LogP contribution in [0, 0.1) is 0 Å². The fourth-order valence-electron chi connectivity index (χ4n) is 0.587. The van der Waals surface area contributed by atoms with Crippen molar-refractivity contribution in [3.63, 3.8) is 0 Å². The number of carbonyl (C=O) groups is 1. The predicted octanol–water partition coefficient (Wildman–Crippen LogP) is 1.03. The zero-order valence-electron chi connectivity index (χ0n) is 5.78. The second-order valence-corrected chi connectivity index (χ2v) is 2.80. The predicted molar refractivity (Wildman–Crippen MR) is 42.9 cm³/mol. The number of hydrogen-bond acceptors (Lipinski definition) is 4. The summed E-state index contributed by atoms with van der Waals surface area (Å²) in [6, 6.07) is 0. The first-order valence-corrected chi connectivity index (χ1v) is 4.02. The third kappa shape index (κ3) is 2.99. The molecule has 0 aliphatic carbocycles. The fourth-order valence-corrected chi connectivity index (χ4v) is 1.14. The molecule has 1 rings (SSSR count). The molecule has 0 saturated carbocycles. The summed E-state index contributed by atoms with van der Waals surface area (Å²) in [6.45, 7) is 0.433. The van der Waals surface area contributed by atoms with Crippen LogP contribution < -0.4 is 5.32 Å². The highest BCUT2D eigenvalue weighted by atomic mass is 32.1. The van der Waals surface area contributed by atoms with Gasteiger partial charge in [0.2, 0.25) is 0 Å². The first kappa shape index (κ1) is 8.00. The van der Waals surface area contributed by atoms with Gasteiger partial charge in [0.05, 0.1) is 6.42 Å². The maximum absolute atomic E-state index is 10.1. The highest BCUT2D eigenvalue weighted by molar-refractivity contribution is 7.13. The van der Waals surface area contributed by atoms with E-state index in [9.17, 15) is 4.79 Å². The molecule has 0 atom stereocenters. The standard InChI is InChI=1S/C6H8N2O2S/c9-5(10)1-2-7-6-8-3-4-11-6/h3-4H,1-2H2,(H,7,8)(H,9,10). The first-order chi connectivity index (χ1) is 5.29. The Hall–Kier alpha value is -1.10. The normalized spacial score (nSPS) is 9.45. The zero-order chi connectivity index (χ0) is 8.10. The smallest absolute Gasteiger partial charge is 0.305 e. The lowest BCUT2D eigenvalue weighted by Crippen LogP contribution is -2.06. The molecule has 0 unspecified atom stereocenters. The van der Waals surface area contributed by atoms with Crippen LogP contribution in [0.4, 0.5) is 5.13 Å². The Morgan fingerprint density at radius 2 is 2.64 bits per heavy atom. The number of rotatable bonds is 4. The number of carboxylic acid groups (broad SMARTS) is 1. The van der Waals surface area contributed by atoms with Crippen LogP contribution in [0.25, 0.3) is 0 Å². The Labute approximate surface area is 67.9 Å². The minimum Gasteiger partial charge on any atom is -0.481 e. The molecule has 1 aromatic heterocycles. The van der Waals surface area contributed by atoms with Crippen molar-refractivity contribution in [3.8, 4) is 0 Å². The molecular weight excluding hydrogens is 164 g/mol. The van der Waals surface area contributed by atoms with Crippen molar-refractivity contribution in [1.82, 2.24) is 4.98 Å². The Bertz CT molecular complexity index is 222. The van der Waals surface area contributed by atoms with Gasteiger partial charge in [0.1, 0.15) is 0 Å². The van der Waals surface area contributed by atoms with Crippen LogP contribution in [0.3, 0.4) is 0 Å². The Kier molecular flexibility index (Phi) is 2.85. The largest absolute Gasteiger partial charge is 0.481 e. The molecule has 0 aromatic carbocycles. The lowest BCUT2D eigenvalue weighted by atomic mass is 10.4. The monoisotopic (exact) mass is 172 g/mol. The van der Waals surface area contributed by atoms with E-state index >= 15 is 0 Å². The third-order valence-electron chi connectivity index (χ3n) is 1.05. The SMILES string of the molecule is O=C(O)CCNc1nccs1. The molecule has 0 bridgehead atoms. The van der Waals surface area contributed by atoms with Crippen molar-refractivity contribution in [2.24, 2.45) is 0 Å². The highest BCUT2D eigenvalue weighted by Crippen LogP contribution is 2.09. The van der Waals surface area contributed by atoms with Crippen LogP contribution >= 0.6 is 11.3 Å². The van der Waals surface area contributed by atoms with E-state index in [1.165, 1.54) is 11.3 Å². The van der Waals surface area contributed by atoms with Gasteiger partial charge in [-0.15, -0.1) is 11.3 Å². The minimum absolute atomic E-state index is 0.125. The van der Waals surface area contributed by atoms with E-state index in [2.05, 4.69) is 10.3 Å². The molecule has 5 heteroatoms. The van der Waals surface area contributed by atoms with E-state index in [1.54, 1.807) is 6.20 Å². The van der Waals surface area contributed by atoms with Crippen molar-refractivity contribution < 1.29 is 9.90 Å². The molecule has 11 heavy (non-hydrogen) atoms. The Balaban J connectivity index is 2.19. The van der Waals surface area contributed by atoms with Gasteiger partial charge in [0.15, 0.2) is 5.13 Å². The summed E-state index contributed by atoms with van der Waals surface area (Å²) in [5.74, 6) is -0.797. The number of aromatic nitrogens is 1. The van der Waals surface area contributed by atoms with Gasteiger partial charge in [-0.05, 0) is 0 Å². The molecular formula is C6H8N2O2S. The third-order valence-corrected chi connectivity index (χ3v) is 1.78. The summed E-state index contributed by atoms with van der Waals surface area (Å²) in [7, 11) is 0. The molecule has 0 saturated heterocycles. The molecule has 4 nitrogen and oxygen atoms in total. The lowest BCUT2D eigenvalue weighted by molar-refractivity contribution is -0.136. The number of nitrogens with zero attached hydrogens (tertiary/aromatic N) is 1. The number of nitrogens with one attached hydrogen (secondary N) is 1. The summed E-state index contributed by atoms with van der Waals surface area (Å²) in [5, 5.41) is 13.8. The average molecular weight is 172 g/mol. The molecule has 0 fully saturated rings. The number of aliphatic carboxylic acids is 1. The topological polar surface area (TPSA) is 62.2 Å². The van der Waals surface area contributed by atoms with E-state index in [0.717, 1.165) is 5.13 Å². The number of hydrogen-bond donors (Lipinski definition) is 2. The second kappa shape index (κ2) is 3.92. The van der Waals surface area contributed by atoms with Crippen molar-refractivity contribution in [2.75, 3.05) is 11.9 Å². The molecule has 0 spiro atoms. The van der Waals surface area contributed by atoms with Crippen molar-refractivity contribution >= 4 is 22.4 Å². The van der Waals surface area contributed by atoms with Crippen LogP contribution in [0.5, 0.6) is 0 Å². The van der Waals surface area contributed by atoms with E-state index in [1.807, 2.05) is 5.38 Å². The molecule has 0 radical (unpaired) electrons. The maximum Gasteiger partial charge on any atom is 0.305 e. The van der Waals surface area contributed by atoms with Gasteiger partial charge in [0.25, 0.3) is 0 Å². The second-order valence-electron chi connectivity index (χ2n) is 1.91. The zero-order valence-corrected chi connectivity index (χ0v) is 6.60. The van der Waals surface area contributed by atoms with Crippen LogP contribution in [-0.2, 0) is 4.79 Å². The van der Waals surface area contributed by atoms with Crippen LogP contribution in [-0.4, -0.2) is 22.6 Å². The highest BCUT2D eigenvalue weighted by Gasteiger charge is 1.96. The molecule has 0 amide bonds. The quantitative estimate of drug-likeness (QED) is 0.712. The molecule has 0 aliphatic heterocycles. The average Bonchev–Trinajstić information content (AvgIpc) is 2.39. The van der Waals surface area contributed by atoms with Crippen LogP contribution in [0.2, 0.25) is 0 Å². The van der Waals surface area contributed by atoms with Crippen molar-refractivity contribution in [2.45, 2.75) is 6.42 Å². The Morgan fingerprint density at radius 3 is 3.18 bits per heavy atom. The van der Waals surface area contributed by atoms with E-state index in [0.29, 0.717) is 6.54 Å². The molecule has 1 aromatic rings. The lowest BCUT2D eigenvalue weighted by Gasteiger charge is -1.97. The van der Waals surface area contributed by atoms with Crippen LogP contribution in [0.15, 0.2) is 11.6 Å². The summed E-state index contributed by atoms with van der Waals surface area (Å²) in [4.78, 5) is 14.0. The summed E-state index contributed by atoms with van der Waals surface area (Å²) >= 11 is 1.46. The first-order valence-electron chi connectivity index (χ1n) is 3.14. The summed E-state index contributed by atoms with van der Waals surface area (Å²) in [6.07, 6.45) is 1.80. The van der Waals surface area contributed by atoms with Gasteiger partial charge in [-0.25, -0.2) is 4.98 Å². The van der Waals surface area contributed by atoms with Crippen LogP contribution in [0.1, 0.15) is 6.42 Å². The molecule has 60 valence electrons. The van der Waals surface area contributed by atoms with E-state index in [-0.39, 0.29) is 6.42 Å². The van der Waals surface area contributed by atoms with E-state index in [4.69, 9.17) is 5.11 Å². The van der Waals surface area contributed by atoms with Crippen molar-refractivity contribution in [3.05, 3.63) is 11.6 Å². The van der Waals surface area contributed by atoms with E-state index < -0.39 is 5.97 Å². The van der Waals surface area contributed by atoms with Gasteiger partial charge in [-0.1, -0.05) is 0 Å². The van der Waals surface area contributed by atoms with Gasteiger partial charge in [-0.3, -0.25) is 4.79 Å². The fraction of sp³-hybridized carbons (Fsp3) is 0.333. The van der Waals surface area contributed by atoms with Crippen molar-refractivity contribution in [1.29, 1.82) is 0 Å². The molecule has 0 aliphatic rings. The number of thiazole rings is 1. The van der Waals surface area contributed by atoms with Gasteiger partial charge in [-0.2, -0.15) is 0 Å². The van der Waals surface area contributed by atoms with Gasteiger partial charge < -0.3 is 10.4 Å².